The van der Waals surface area contributed by atoms with Crippen molar-refractivity contribution in [1.82, 2.24) is 9.97 Å². The molecule has 7 nitrogen and oxygen atoms in total. The van der Waals surface area contributed by atoms with Crippen molar-refractivity contribution in [2.45, 2.75) is 25.9 Å². The number of H-pyrrole nitrogens is 1. The van der Waals surface area contributed by atoms with Crippen LogP contribution in [0.4, 0.5) is 5.69 Å². The summed E-state index contributed by atoms with van der Waals surface area (Å²) in [5.41, 5.74) is 0.704. The summed E-state index contributed by atoms with van der Waals surface area (Å²) < 4.78 is 5.24. The second kappa shape index (κ2) is 6.65. The minimum absolute atomic E-state index is 0.00657. The third kappa shape index (κ3) is 3.65. The highest BCUT2D eigenvalue weighted by molar-refractivity contribution is 5.76. The maximum Gasteiger partial charge on any atom is 0.316 e. The number of nitrogens with one attached hydrogen (secondary N) is 1. The fourth-order valence-corrected chi connectivity index (χ4v) is 1.91. The van der Waals surface area contributed by atoms with Gasteiger partial charge in [0.05, 0.1) is 4.92 Å². The summed E-state index contributed by atoms with van der Waals surface area (Å²) in [5.74, 6) is -0.227. The summed E-state index contributed by atoms with van der Waals surface area (Å²) in [6.45, 7) is 1.95. The second-order valence-electron chi connectivity index (χ2n) is 4.47. The average Bonchev–Trinajstić information content (AvgIpc) is 3.00. The fraction of sp³-hybridized carbons (Fsp3) is 0.286. The zero-order valence-corrected chi connectivity index (χ0v) is 11.5. The lowest BCUT2D eigenvalue weighted by Crippen LogP contribution is -2.16. The van der Waals surface area contributed by atoms with Crippen molar-refractivity contribution in [2.24, 2.45) is 0 Å². The fourth-order valence-electron chi connectivity index (χ4n) is 1.91. The molecule has 0 aliphatic heterocycles. The van der Waals surface area contributed by atoms with E-state index in [0.717, 1.165) is 0 Å². The van der Waals surface area contributed by atoms with Crippen LogP contribution in [0, 0.1) is 10.1 Å². The summed E-state index contributed by atoms with van der Waals surface area (Å²) in [6.07, 6.45) is 3.82. The number of aromatic amines is 1. The van der Waals surface area contributed by atoms with Gasteiger partial charge in [-0.15, -0.1) is 0 Å². The molecule has 2 aromatic rings. The number of hydrogen-bond donors (Lipinski definition) is 1. The number of carbonyl (C=O) groups excluding carboxylic acids is 1. The number of aromatic nitrogens is 2. The van der Waals surface area contributed by atoms with Crippen LogP contribution in [0.25, 0.3) is 0 Å². The van der Waals surface area contributed by atoms with Gasteiger partial charge in [-0.3, -0.25) is 14.9 Å². The molecule has 1 N–H and O–H groups in total. The van der Waals surface area contributed by atoms with E-state index in [1.54, 1.807) is 24.5 Å². The Balaban J connectivity index is 1.95. The first-order chi connectivity index (χ1) is 10.1. The Bertz CT molecular complexity index is 608. The van der Waals surface area contributed by atoms with Crippen molar-refractivity contribution in [2.75, 3.05) is 0 Å². The van der Waals surface area contributed by atoms with Crippen molar-refractivity contribution in [3.8, 4) is 0 Å². The first kappa shape index (κ1) is 14.7. The number of benzene rings is 1. The molecule has 0 spiro atoms. The predicted octanol–water partition coefficient (Wildman–Crippen LogP) is 2.55. The maximum atomic E-state index is 12.0. The van der Waals surface area contributed by atoms with Crippen molar-refractivity contribution in [3.05, 3.63) is 58.2 Å². The van der Waals surface area contributed by atoms with E-state index in [2.05, 4.69) is 9.97 Å². The first-order valence-electron chi connectivity index (χ1n) is 6.51. The van der Waals surface area contributed by atoms with Crippen molar-refractivity contribution < 1.29 is 14.5 Å². The van der Waals surface area contributed by atoms with Crippen LogP contribution < -0.4 is 0 Å². The third-order valence-electron chi connectivity index (χ3n) is 3.07. The smallest absolute Gasteiger partial charge is 0.316 e. The quantitative estimate of drug-likeness (QED) is 0.500. The Morgan fingerprint density at radius 2 is 2.14 bits per heavy atom. The number of nitrogens with zero attached hydrogens (tertiary/aromatic N) is 2. The van der Waals surface area contributed by atoms with Crippen molar-refractivity contribution in [1.29, 1.82) is 0 Å². The zero-order valence-electron chi connectivity index (χ0n) is 11.5. The number of non-ortho nitro benzene ring substituents is 1. The first-order valence-corrected chi connectivity index (χ1v) is 6.51. The van der Waals surface area contributed by atoms with Crippen LogP contribution in [0.2, 0.25) is 0 Å². The van der Waals surface area contributed by atoms with Crippen LogP contribution in [-0.2, 0) is 16.1 Å². The summed E-state index contributed by atoms with van der Waals surface area (Å²) in [7, 11) is 0. The van der Waals surface area contributed by atoms with E-state index in [9.17, 15) is 14.9 Å². The minimum Gasteiger partial charge on any atom is -0.460 e. The molecule has 0 fully saturated rings. The van der Waals surface area contributed by atoms with Crippen LogP contribution in [0.15, 0.2) is 36.7 Å². The molecule has 0 aliphatic carbocycles. The highest BCUT2D eigenvalue weighted by Crippen LogP contribution is 2.18. The monoisotopic (exact) mass is 289 g/mol. The Hall–Kier alpha value is -2.70. The number of imidazole rings is 1. The predicted molar refractivity (Wildman–Crippen MR) is 74.5 cm³/mol. The van der Waals surface area contributed by atoms with Gasteiger partial charge in [0.25, 0.3) is 5.69 Å². The van der Waals surface area contributed by atoms with Crippen LogP contribution in [-0.4, -0.2) is 20.9 Å². The van der Waals surface area contributed by atoms with E-state index in [4.69, 9.17) is 4.74 Å². The molecule has 0 saturated heterocycles. The average molecular weight is 289 g/mol. The lowest BCUT2D eigenvalue weighted by Gasteiger charge is -2.12. The van der Waals surface area contributed by atoms with E-state index in [1.807, 2.05) is 6.92 Å². The molecule has 1 unspecified atom stereocenters. The SMILES string of the molecule is CCC(C(=O)OCc1ccc([N+](=O)[O-])cc1)c1ncc[nH]1. The highest BCUT2D eigenvalue weighted by atomic mass is 16.6. The van der Waals surface area contributed by atoms with Gasteiger partial charge in [-0.2, -0.15) is 0 Å². The molecule has 1 aromatic heterocycles. The molecule has 0 radical (unpaired) electrons. The molecule has 2 rings (SSSR count). The molecule has 21 heavy (non-hydrogen) atoms. The Morgan fingerprint density at radius 3 is 2.67 bits per heavy atom. The number of carbonyl (C=O) groups is 1. The van der Waals surface area contributed by atoms with Crippen molar-refractivity contribution in [3.63, 3.8) is 0 Å². The van der Waals surface area contributed by atoms with E-state index in [0.29, 0.717) is 17.8 Å². The molecule has 0 amide bonds. The molecule has 0 aliphatic rings. The van der Waals surface area contributed by atoms with Crippen LogP contribution in [0.3, 0.4) is 0 Å². The Kier molecular flexibility index (Phi) is 4.65. The molecule has 0 saturated carbocycles. The Labute approximate surface area is 121 Å². The highest BCUT2D eigenvalue weighted by Gasteiger charge is 2.22. The molecule has 0 bridgehead atoms. The minimum atomic E-state index is -0.472. The van der Waals surface area contributed by atoms with Gasteiger partial charge in [-0.1, -0.05) is 6.92 Å². The van der Waals surface area contributed by atoms with Gasteiger partial charge in [-0.25, -0.2) is 4.98 Å². The lowest BCUT2D eigenvalue weighted by molar-refractivity contribution is -0.384. The number of esters is 1. The Morgan fingerprint density at radius 1 is 1.43 bits per heavy atom. The van der Waals surface area contributed by atoms with Gasteiger partial charge in [0.15, 0.2) is 0 Å². The molecular formula is C14H15N3O4. The van der Waals surface area contributed by atoms with Gasteiger partial charge in [0, 0.05) is 24.5 Å². The summed E-state index contributed by atoms with van der Waals surface area (Å²) in [4.78, 5) is 29.1. The third-order valence-corrected chi connectivity index (χ3v) is 3.07. The number of rotatable bonds is 6. The summed E-state index contributed by atoms with van der Waals surface area (Å²) in [5, 5.41) is 10.5. The second-order valence-corrected chi connectivity index (χ2v) is 4.47. The maximum absolute atomic E-state index is 12.0. The zero-order chi connectivity index (χ0) is 15.2. The summed E-state index contributed by atoms with van der Waals surface area (Å²) in [6, 6.07) is 5.90. The molecule has 1 aromatic carbocycles. The number of ether oxygens (including phenoxy) is 1. The van der Waals surface area contributed by atoms with E-state index >= 15 is 0 Å². The normalized spacial score (nSPS) is 11.9. The lowest BCUT2D eigenvalue weighted by atomic mass is 10.1. The standard InChI is InChI=1S/C14H15N3O4/c1-2-12(13-15-7-8-16-13)14(18)21-9-10-3-5-11(6-4-10)17(19)20/h3-8,12H,2,9H2,1H3,(H,15,16). The number of hydrogen-bond acceptors (Lipinski definition) is 5. The van der Waals surface area contributed by atoms with Gasteiger partial charge in [-0.05, 0) is 24.1 Å². The van der Waals surface area contributed by atoms with E-state index in [1.165, 1.54) is 12.1 Å². The van der Waals surface area contributed by atoms with Crippen molar-refractivity contribution >= 4 is 11.7 Å². The molecule has 1 heterocycles. The number of nitro groups is 1. The molecule has 7 heteroatoms. The van der Waals surface area contributed by atoms with Gasteiger partial charge < -0.3 is 9.72 Å². The molecule has 110 valence electrons. The van der Waals surface area contributed by atoms with E-state index < -0.39 is 10.8 Å². The van der Waals surface area contributed by atoms with Crippen LogP contribution >= 0.6 is 0 Å². The molecular weight excluding hydrogens is 274 g/mol. The van der Waals surface area contributed by atoms with E-state index in [-0.39, 0.29) is 18.3 Å². The van der Waals surface area contributed by atoms with Gasteiger partial charge in [0.2, 0.25) is 0 Å². The van der Waals surface area contributed by atoms with Gasteiger partial charge >= 0.3 is 5.97 Å². The summed E-state index contributed by atoms with van der Waals surface area (Å²) >= 11 is 0. The largest absolute Gasteiger partial charge is 0.460 e. The number of nitro benzene ring substituents is 1. The molecule has 1 atom stereocenters. The topological polar surface area (TPSA) is 98.1 Å². The van der Waals surface area contributed by atoms with Crippen LogP contribution in [0.5, 0.6) is 0 Å². The van der Waals surface area contributed by atoms with Crippen LogP contribution in [0.1, 0.15) is 30.7 Å². The van der Waals surface area contributed by atoms with Gasteiger partial charge in [0.1, 0.15) is 18.3 Å².